The van der Waals surface area contributed by atoms with E-state index in [1.54, 1.807) is 0 Å². The van der Waals surface area contributed by atoms with Crippen LogP contribution in [-0.2, 0) is 0 Å². The predicted octanol–water partition coefficient (Wildman–Crippen LogP) is 3.65. The van der Waals surface area contributed by atoms with Gasteiger partial charge in [0.05, 0.1) is 0 Å². The molecule has 1 unspecified atom stereocenters. The number of para-hydroxylation sites is 1. The summed E-state index contributed by atoms with van der Waals surface area (Å²) in [5.74, 6) is 0.854. The number of fused-ring (bicyclic) bond motifs is 4. The quantitative estimate of drug-likeness (QED) is 0.587. The van der Waals surface area contributed by atoms with Crippen molar-refractivity contribution in [2.75, 3.05) is 6.54 Å². The van der Waals surface area contributed by atoms with Gasteiger partial charge in [0.1, 0.15) is 11.3 Å². The molecule has 1 atom stereocenters. The van der Waals surface area contributed by atoms with Crippen LogP contribution in [0.4, 0.5) is 0 Å². The van der Waals surface area contributed by atoms with Crippen LogP contribution < -0.4 is 11.5 Å². The summed E-state index contributed by atoms with van der Waals surface area (Å²) in [6.07, 6.45) is 0. The molecule has 1 aliphatic carbocycles. The molecule has 3 nitrogen and oxygen atoms in total. The van der Waals surface area contributed by atoms with Gasteiger partial charge in [-0.1, -0.05) is 42.5 Å². The van der Waals surface area contributed by atoms with Gasteiger partial charge in [-0.15, -0.1) is 0 Å². The Morgan fingerprint density at radius 3 is 2.48 bits per heavy atom. The molecular weight excluding hydrogens is 260 g/mol. The van der Waals surface area contributed by atoms with Gasteiger partial charge >= 0.3 is 0 Å². The molecule has 0 saturated carbocycles. The minimum Gasteiger partial charge on any atom is -0.456 e. The minimum absolute atomic E-state index is 0.225. The fraction of sp³-hybridized carbons (Fsp3) is 0.111. The molecule has 3 heteroatoms. The standard InChI is InChI=1S/C18H16N2O/c19-10-15(20)17-13-7-3-2-6-12(13)14-9-11-5-1-4-8-16(11)21-18(14)17/h1-9,15H,10,19-20H2. The van der Waals surface area contributed by atoms with Crippen LogP contribution in [0.15, 0.2) is 59.0 Å². The molecule has 0 aromatic heterocycles. The van der Waals surface area contributed by atoms with Crippen molar-refractivity contribution in [2.45, 2.75) is 6.04 Å². The van der Waals surface area contributed by atoms with E-state index in [0.29, 0.717) is 6.54 Å². The number of nitrogens with two attached hydrogens (primary N) is 2. The molecule has 4 rings (SSSR count). The first kappa shape index (κ1) is 12.4. The van der Waals surface area contributed by atoms with Crippen LogP contribution in [0.2, 0.25) is 0 Å². The van der Waals surface area contributed by atoms with E-state index < -0.39 is 0 Å². The van der Waals surface area contributed by atoms with Gasteiger partial charge < -0.3 is 15.9 Å². The van der Waals surface area contributed by atoms with Crippen LogP contribution in [0.25, 0.3) is 33.1 Å². The summed E-state index contributed by atoms with van der Waals surface area (Å²) in [5.41, 5.74) is 15.0. The molecule has 4 N–H and O–H groups in total. The SMILES string of the molecule is NCC(N)c1c2oc3ccccc3cc-2c2ccccc12. The fourth-order valence-corrected chi connectivity index (χ4v) is 3.04. The molecule has 0 amide bonds. The molecule has 2 aromatic carbocycles. The average Bonchev–Trinajstić information content (AvgIpc) is 2.85. The lowest BCUT2D eigenvalue weighted by molar-refractivity contribution is 0.603. The van der Waals surface area contributed by atoms with Crippen molar-refractivity contribution < 1.29 is 4.42 Å². The van der Waals surface area contributed by atoms with Gasteiger partial charge in [0.25, 0.3) is 0 Å². The number of hydrogen-bond acceptors (Lipinski definition) is 3. The van der Waals surface area contributed by atoms with Crippen molar-refractivity contribution >= 4 is 21.7 Å². The second-order valence-electron chi connectivity index (χ2n) is 5.33. The Hall–Kier alpha value is -2.36. The van der Waals surface area contributed by atoms with Crippen LogP contribution in [0.1, 0.15) is 11.6 Å². The van der Waals surface area contributed by atoms with Gasteiger partial charge in [0.2, 0.25) is 0 Å². The highest BCUT2D eigenvalue weighted by atomic mass is 16.3. The van der Waals surface area contributed by atoms with Gasteiger partial charge in [-0.3, -0.25) is 0 Å². The first-order valence-electron chi connectivity index (χ1n) is 7.08. The smallest absolute Gasteiger partial charge is 0.140 e. The van der Waals surface area contributed by atoms with Gasteiger partial charge in [-0.2, -0.15) is 0 Å². The van der Waals surface area contributed by atoms with Gasteiger partial charge in [0.15, 0.2) is 0 Å². The molecule has 0 bridgehead atoms. The van der Waals surface area contributed by atoms with Crippen LogP contribution >= 0.6 is 0 Å². The van der Waals surface area contributed by atoms with Crippen LogP contribution in [0, 0.1) is 0 Å². The van der Waals surface area contributed by atoms with Gasteiger partial charge in [-0.25, -0.2) is 0 Å². The summed E-state index contributed by atoms with van der Waals surface area (Å²) in [7, 11) is 0. The number of rotatable bonds is 2. The van der Waals surface area contributed by atoms with Crippen molar-refractivity contribution in [3.63, 3.8) is 0 Å². The van der Waals surface area contributed by atoms with Gasteiger partial charge in [-0.05, 0) is 22.9 Å². The zero-order valence-corrected chi connectivity index (χ0v) is 11.5. The topological polar surface area (TPSA) is 65.2 Å². The summed E-state index contributed by atoms with van der Waals surface area (Å²) in [6, 6.07) is 18.2. The van der Waals surface area contributed by atoms with E-state index in [1.165, 1.54) is 5.39 Å². The zero-order valence-electron chi connectivity index (χ0n) is 11.5. The second-order valence-corrected chi connectivity index (χ2v) is 5.33. The van der Waals surface area contributed by atoms with Crippen molar-refractivity contribution in [3.8, 4) is 11.3 Å². The van der Waals surface area contributed by atoms with Crippen molar-refractivity contribution in [3.05, 3.63) is 60.2 Å². The van der Waals surface area contributed by atoms with E-state index in [1.807, 2.05) is 30.3 Å². The molecule has 0 spiro atoms. The van der Waals surface area contributed by atoms with E-state index in [-0.39, 0.29) is 6.04 Å². The molecule has 1 heterocycles. The predicted molar refractivity (Wildman–Crippen MR) is 86.3 cm³/mol. The Bertz CT molecular complexity index is 910. The molecule has 2 aliphatic rings. The Morgan fingerprint density at radius 2 is 1.67 bits per heavy atom. The van der Waals surface area contributed by atoms with E-state index in [9.17, 15) is 0 Å². The summed E-state index contributed by atoms with van der Waals surface area (Å²) in [5, 5.41) is 3.39. The second kappa shape index (κ2) is 4.58. The van der Waals surface area contributed by atoms with E-state index in [4.69, 9.17) is 15.9 Å². The maximum atomic E-state index is 6.23. The normalized spacial score (nSPS) is 13.2. The largest absolute Gasteiger partial charge is 0.456 e. The Morgan fingerprint density at radius 1 is 0.952 bits per heavy atom. The van der Waals surface area contributed by atoms with Crippen LogP contribution in [0.5, 0.6) is 0 Å². The Balaban J connectivity index is 2.20. The number of benzene rings is 2. The molecule has 0 saturated heterocycles. The van der Waals surface area contributed by atoms with Crippen molar-refractivity contribution in [1.29, 1.82) is 0 Å². The first-order chi connectivity index (χ1) is 10.3. The molecule has 0 radical (unpaired) electrons. The monoisotopic (exact) mass is 276 g/mol. The van der Waals surface area contributed by atoms with Crippen molar-refractivity contribution in [2.24, 2.45) is 11.5 Å². The fourth-order valence-electron chi connectivity index (χ4n) is 3.04. The number of hydrogen-bond donors (Lipinski definition) is 2. The minimum atomic E-state index is -0.225. The molecular formula is C18H16N2O. The van der Waals surface area contributed by atoms with Crippen LogP contribution in [0.3, 0.4) is 0 Å². The highest BCUT2D eigenvalue weighted by Crippen LogP contribution is 2.43. The lowest BCUT2D eigenvalue weighted by Crippen LogP contribution is -2.20. The third-order valence-corrected chi connectivity index (χ3v) is 4.05. The van der Waals surface area contributed by atoms with E-state index >= 15 is 0 Å². The molecule has 1 aliphatic heterocycles. The highest BCUT2D eigenvalue weighted by Gasteiger charge is 2.24. The first-order valence-corrected chi connectivity index (χ1v) is 7.08. The van der Waals surface area contributed by atoms with Crippen LogP contribution in [-0.4, -0.2) is 6.54 Å². The van der Waals surface area contributed by atoms with Gasteiger partial charge in [0, 0.05) is 29.1 Å². The molecule has 0 fully saturated rings. The Labute approximate surface area is 122 Å². The maximum Gasteiger partial charge on any atom is 0.140 e. The summed E-state index contributed by atoms with van der Waals surface area (Å²) in [6.45, 7) is 0.394. The van der Waals surface area contributed by atoms with Crippen molar-refractivity contribution in [1.82, 2.24) is 0 Å². The molecule has 104 valence electrons. The third kappa shape index (κ3) is 1.75. The lowest BCUT2D eigenvalue weighted by atomic mass is 10.1. The maximum absolute atomic E-state index is 6.23. The highest BCUT2D eigenvalue weighted by molar-refractivity contribution is 6.06. The summed E-state index contributed by atoms with van der Waals surface area (Å²) in [4.78, 5) is 0. The summed E-state index contributed by atoms with van der Waals surface area (Å²) < 4.78 is 6.15. The molecule has 21 heavy (non-hydrogen) atoms. The average molecular weight is 276 g/mol. The lowest BCUT2D eigenvalue weighted by Gasteiger charge is -2.11. The zero-order chi connectivity index (χ0) is 14.4. The van der Waals surface area contributed by atoms with E-state index in [2.05, 4.69) is 24.3 Å². The van der Waals surface area contributed by atoms with E-state index in [0.717, 1.165) is 33.2 Å². The molecule has 2 aromatic rings. The third-order valence-electron chi connectivity index (χ3n) is 4.05. The summed E-state index contributed by atoms with van der Waals surface area (Å²) >= 11 is 0. The Kier molecular flexibility index (Phi) is 2.70.